The van der Waals surface area contributed by atoms with E-state index in [4.69, 9.17) is 0 Å². The maximum absolute atomic E-state index is 13.8. The molecule has 0 bridgehead atoms. The predicted octanol–water partition coefficient (Wildman–Crippen LogP) is 4.29. The molecule has 0 unspecified atom stereocenters. The maximum Gasteiger partial charge on any atom is 0.225 e. The molecule has 0 aliphatic carbocycles. The highest BCUT2D eigenvalue weighted by Gasteiger charge is 2.11. The van der Waals surface area contributed by atoms with Crippen molar-refractivity contribution in [3.63, 3.8) is 0 Å². The Balaban J connectivity index is 1.84. The van der Waals surface area contributed by atoms with Gasteiger partial charge in [-0.3, -0.25) is 4.98 Å². The third-order valence-electron chi connectivity index (χ3n) is 4.06. The Morgan fingerprint density at radius 1 is 0.960 bits per heavy atom. The van der Waals surface area contributed by atoms with Crippen LogP contribution < -0.4 is 10.6 Å². The first-order valence-electron chi connectivity index (χ1n) is 8.06. The van der Waals surface area contributed by atoms with E-state index in [1.165, 1.54) is 6.07 Å². The van der Waals surface area contributed by atoms with Gasteiger partial charge in [0, 0.05) is 28.7 Å². The Hall–Kier alpha value is -3.02. The number of hydrogen-bond donors (Lipinski definition) is 2. The number of nitrogens with zero attached hydrogens (tertiary/aromatic N) is 3. The second-order valence-corrected chi connectivity index (χ2v) is 5.82. The molecule has 1 aromatic carbocycles. The van der Waals surface area contributed by atoms with Crippen LogP contribution in [0.2, 0.25) is 0 Å². The van der Waals surface area contributed by atoms with Gasteiger partial charge < -0.3 is 10.6 Å². The fourth-order valence-corrected chi connectivity index (χ4v) is 2.37. The third-order valence-corrected chi connectivity index (χ3v) is 4.06. The Morgan fingerprint density at radius 2 is 1.80 bits per heavy atom. The van der Waals surface area contributed by atoms with Gasteiger partial charge in [-0.25, -0.2) is 9.37 Å². The Morgan fingerprint density at radius 3 is 2.56 bits per heavy atom. The van der Waals surface area contributed by atoms with Crippen molar-refractivity contribution in [2.24, 2.45) is 0 Å². The van der Waals surface area contributed by atoms with Gasteiger partial charge in [-0.15, -0.1) is 0 Å². The molecule has 5 nitrogen and oxygen atoms in total. The molecule has 0 spiro atoms. The summed E-state index contributed by atoms with van der Waals surface area (Å²) in [5, 5.41) is 6.40. The van der Waals surface area contributed by atoms with Crippen LogP contribution in [0.5, 0.6) is 0 Å². The topological polar surface area (TPSA) is 62.7 Å². The van der Waals surface area contributed by atoms with Gasteiger partial charge >= 0.3 is 0 Å². The first kappa shape index (κ1) is 16.8. The summed E-state index contributed by atoms with van der Waals surface area (Å²) in [5.74, 6) is 0.914. The largest absolute Gasteiger partial charge is 0.349 e. The summed E-state index contributed by atoms with van der Waals surface area (Å²) in [5.41, 5.74) is 3.93. The zero-order valence-corrected chi connectivity index (χ0v) is 14.5. The van der Waals surface area contributed by atoms with Gasteiger partial charge in [0.1, 0.15) is 11.6 Å². The molecule has 128 valence electrons. The van der Waals surface area contributed by atoms with Crippen LogP contribution in [0.15, 0.2) is 42.6 Å². The fraction of sp³-hybridized carbons (Fsp3) is 0.211. The molecule has 0 atom stereocenters. The number of halogens is 1. The van der Waals surface area contributed by atoms with Crippen molar-refractivity contribution >= 4 is 17.5 Å². The van der Waals surface area contributed by atoms with E-state index in [2.05, 4.69) is 25.6 Å². The lowest BCUT2D eigenvalue weighted by atomic mass is 10.1. The highest BCUT2D eigenvalue weighted by Crippen LogP contribution is 2.25. The van der Waals surface area contributed by atoms with Crippen LogP contribution in [-0.2, 0) is 6.54 Å². The van der Waals surface area contributed by atoms with Gasteiger partial charge in [0.2, 0.25) is 5.95 Å². The third kappa shape index (κ3) is 3.91. The van der Waals surface area contributed by atoms with Gasteiger partial charge in [0.25, 0.3) is 0 Å². The minimum Gasteiger partial charge on any atom is -0.349 e. The summed E-state index contributed by atoms with van der Waals surface area (Å²) in [7, 11) is 0. The quantitative estimate of drug-likeness (QED) is 0.727. The molecule has 25 heavy (non-hydrogen) atoms. The molecule has 2 heterocycles. The van der Waals surface area contributed by atoms with Crippen molar-refractivity contribution in [2.75, 3.05) is 10.6 Å². The number of nitrogens with one attached hydrogen (secondary N) is 2. The molecule has 3 aromatic rings. The minimum absolute atomic E-state index is 0.248. The van der Waals surface area contributed by atoms with Crippen LogP contribution in [-0.4, -0.2) is 15.0 Å². The molecule has 2 N–H and O–H groups in total. The number of rotatable bonds is 5. The van der Waals surface area contributed by atoms with E-state index < -0.39 is 0 Å². The van der Waals surface area contributed by atoms with Crippen LogP contribution in [0, 0.1) is 26.6 Å². The predicted molar refractivity (Wildman–Crippen MR) is 97.5 cm³/mol. The standard InChI is InChI=1S/C19H20FN5/c1-12-14(3)23-19(22-11-15-7-4-5-10-21-15)25-18(12)24-17-9-6-8-16(20)13(17)2/h4-10H,11H2,1-3H3,(H2,22,23,24,25). The molecule has 0 saturated carbocycles. The lowest BCUT2D eigenvalue weighted by Gasteiger charge is -2.14. The number of aryl methyl sites for hydroxylation is 1. The maximum atomic E-state index is 13.8. The van der Waals surface area contributed by atoms with Gasteiger partial charge in [-0.05, 0) is 45.0 Å². The average Bonchev–Trinajstić information content (AvgIpc) is 2.62. The number of hydrogen-bond acceptors (Lipinski definition) is 5. The lowest BCUT2D eigenvalue weighted by Crippen LogP contribution is -2.09. The summed E-state index contributed by atoms with van der Waals surface area (Å²) < 4.78 is 13.8. The van der Waals surface area contributed by atoms with Crippen LogP contribution in [0.3, 0.4) is 0 Å². The SMILES string of the molecule is Cc1nc(NCc2ccccn2)nc(Nc2cccc(F)c2C)c1C. The monoisotopic (exact) mass is 337 g/mol. The van der Waals surface area contributed by atoms with Crippen LogP contribution in [0.4, 0.5) is 21.8 Å². The van der Waals surface area contributed by atoms with Crippen molar-refractivity contribution in [3.8, 4) is 0 Å². The molecule has 3 rings (SSSR count). The van der Waals surface area contributed by atoms with Gasteiger partial charge in [0.15, 0.2) is 0 Å². The molecular weight excluding hydrogens is 317 g/mol. The smallest absolute Gasteiger partial charge is 0.225 e. The van der Waals surface area contributed by atoms with E-state index in [9.17, 15) is 4.39 Å². The van der Waals surface area contributed by atoms with E-state index in [-0.39, 0.29) is 5.82 Å². The summed E-state index contributed by atoms with van der Waals surface area (Å²) in [4.78, 5) is 13.3. The van der Waals surface area contributed by atoms with E-state index in [1.807, 2.05) is 38.1 Å². The molecule has 0 aliphatic heterocycles. The average molecular weight is 337 g/mol. The highest BCUT2D eigenvalue weighted by molar-refractivity contribution is 5.64. The number of pyridine rings is 1. The molecule has 0 aliphatic rings. The van der Waals surface area contributed by atoms with Crippen molar-refractivity contribution in [1.29, 1.82) is 0 Å². The Labute approximate surface area is 146 Å². The second kappa shape index (κ2) is 7.25. The van der Waals surface area contributed by atoms with Crippen LogP contribution in [0.25, 0.3) is 0 Å². The number of benzene rings is 1. The van der Waals surface area contributed by atoms with Crippen molar-refractivity contribution in [2.45, 2.75) is 27.3 Å². The number of aromatic nitrogens is 3. The highest BCUT2D eigenvalue weighted by atomic mass is 19.1. The van der Waals surface area contributed by atoms with E-state index in [0.717, 1.165) is 17.0 Å². The van der Waals surface area contributed by atoms with Crippen LogP contribution in [0.1, 0.15) is 22.5 Å². The molecule has 0 radical (unpaired) electrons. The summed E-state index contributed by atoms with van der Waals surface area (Å²) in [6.07, 6.45) is 1.75. The zero-order chi connectivity index (χ0) is 17.8. The van der Waals surface area contributed by atoms with Crippen molar-refractivity contribution in [3.05, 3.63) is 70.9 Å². The van der Waals surface area contributed by atoms with Crippen LogP contribution >= 0.6 is 0 Å². The first-order chi connectivity index (χ1) is 12.0. The van der Waals surface area contributed by atoms with Crippen molar-refractivity contribution < 1.29 is 4.39 Å². The second-order valence-electron chi connectivity index (χ2n) is 5.82. The summed E-state index contributed by atoms with van der Waals surface area (Å²) in [6, 6.07) is 10.7. The van der Waals surface area contributed by atoms with Gasteiger partial charge in [-0.2, -0.15) is 4.98 Å². The molecule has 2 aromatic heterocycles. The minimum atomic E-state index is -0.248. The molecule has 0 fully saturated rings. The van der Waals surface area contributed by atoms with Gasteiger partial charge in [0.05, 0.1) is 12.2 Å². The molecule has 0 amide bonds. The first-order valence-corrected chi connectivity index (χ1v) is 8.06. The molecule has 6 heteroatoms. The zero-order valence-electron chi connectivity index (χ0n) is 14.5. The Kier molecular flexibility index (Phi) is 4.88. The fourth-order valence-electron chi connectivity index (χ4n) is 2.37. The van der Waals surface area contributed by atoms with E-state index in [1.54, 1.807) is 19.2 Å². The normalized spacial score (nSPS) is 10.6. The summed E-state index contributed by atoms with van der Waals surface area (Å²) in [6.45, 7) is 6.13. The van der Waals surface area contributed by atoms with E-state index >= 15 is 0 Å². The number of anilines is 3. The molecular formula is C19H20FN5. The van der Waals surface area contributed by atoms with E-state index in [0.29, 0.717) is 29.6 Å². The molecule has 0 saturated heterocycles. The Bertz CT molecular complexity index is 880. The van der Waals surface area contributed by atoms with Gasteiger partial charge in [-0.1, -0.05) is 12.1 Å². The summed E-state index contributed by atoms with van der Waals surface area (Å²) >= 11 is 0. The lowest BCUT2D eigenvalue weighted by molar-refractivity contribution is 0.619. The van der Waals surface area contributed by atoms with Crippen molar-refractivity contribution in [1.82, 2.24) is 15.0 Å².